The summed E-state index contributed by atoms with van der Waals surface area (Å²) in [7, 11) is -2.59. The fraction of sp³-hybridized carbons (Fsp3) is 0.444. The zero-order valence-electron chi connectivity index (χ0n) is 14.6. The third kappa shape index (κ3) is 3.60. The Morgan fingerprint density at radius 1 is 1.12 bits per heavy atom. The number of hydrogen-bond acceptors (Lipinski definition) is 5. The quantitative estimate of drug-likeness (QED) is 0.798. The van der Waals surface area contributed by atoms with Crippen LogP contribution in [0.25, 0.3) is 0 Å². The van der Waals surface area contributed by atoms with Gasteiger partial charge in [-0.3, -0.25) is 4.79 Å². The SMILES string of the molecule is COc1ccc(S(=O)(=O)n2ccn(C(=O)CC3CCCCC3)c2=O)cc1. The van der Waals surface area contributed by atoms with E-state index in [1.54, 1.807) is 0 Å². The van der Waals surface area contributed by atoms with E-state index >= 15 is 0 Å². The van der Waals surface area contributed by atoms with Gasteiger partial charge in [0.15, 0.2) is 0 Å². The van der Waals surface area contributed by atoms with Crippen molar-refractivity contribution >= 4 is 15.9 Å². The summed E-state index contributed by atoms with van der Waals surface area (Å²) < 4.78 is 31.9. The monoisotopic (exact) mass is 378 g/mol. The summed E-state index contributed by atoms with van der Waals surface area (Å²) >= 11 is 0. The molecule has 0 atom stereocenters. The van der Waals surface area contributed by atoms with E-state index in [0.29, 0.717) is 9.72 Å². The fourth-order valence-corrected chi connectivity index (χ4v) is 4.55. The first-order valence-electron chi connectivity index (χ1n) is 8.66. The first-order valence-corrected chi connectivity index (χ1v) is 10.1. The molecule has 1 saturated carbocycles. The molecule has 8 heteroatoms. The van der Waals surface area contributed by atoms with Crippen LogP contribution >= 0.6 is 0 Å². The lowest BCUT2D eigenvalue weighted by Crippen LogP contribution is -2.33. The number of benzene rings is 1. The van der Waals surface area contributed by atoms with Crippen LogP contribution in [0.4, 0.5) is 0 Å². The second-order valence-electron chi connectivity index (χ2n) is 6.53. The standard InChI is InChI=1S/C18H22N2O5S/c1-25-15-7-9-16(10-8-15)26(23,24)20-12-11-19(18(20)22)17(21)13-14-5-3-2-4-6-14/h7-12,14H,2-6,13H2,1H3. The average molecular weight is 378 g/mol. The maximum Gasteiger partial charge on any atom is 0.349 e. The Balaban J connectivity index is 1.85. The van der Waals surface area contributed by atoms with Crippen molar-refractivity contribution in [3.63, 3.8) is 0 Å². The highest BCUT2D eigenvalue weighted by Crippen LogP contribution is 2.26. The molecule has 1 aromatic heterocycles. The molecule has 0 aliphatic heterocycles. The summed E-state index contributed by atoms with van der Waals surface area (Å²) in [5.41, 5.74) is -0.860. The van der Waals surface area contributed by atoms with Crippen LogP contribution in [0.2, 0.25) is 0 Å². The minimum atomic E-state index is -4.06. The van der Waals surface area contributed by atoms with Crippen molar-refractivity contribution in [3.8, 4) is 5.75 Å². The molecule has 1 aliphatic carbocycles. The van der Waals surface area contributed by atoms with Crippen LogP contribution in [0.1, 0.15) is 43.3 Å². The first kappa shape index (κ1) is 18.4. The van der Waals surface area contributed by atoms with Gasteiger partial charge in [-0.05, 0) is 43.0 Å². The first-order chi connectivity index (χ1) is 12.4. The number of aromatic nitrogens is 2. The second kappa shape index (κ2) is 7.49. The molecule has 1 heterocycles. The van der Waals surface area contributed by atoms with Crippen LogP contribution in [-0.2, 0) is 10.0 Å². The number of hydrogen-bond donors (Lipinski definition) is 0. The number of imidazole rings is 1. The summed E-state index contributed by atoms with van der Waals surface area (Å²) in [5, 5.41) is 0. The third-order valence-electron chi connectivity index (χ3n) is 4.82. The van der Waals surface area contributed by atoms with E-state index < -0.39 is 15.7 Å². The van der Waals surface area contributed by atoms with Gasteiger partial charge in [-0.15, -0.1) is 0 Å². The Morgan fingerprint density at radius 3 is 2.38 bits per heavy atom. The van der Waals surface area contributed by atoms with E-state index in [-0.39, 0.29) is 23.1 Å². The number of nitrogens with zero attached hydrogens (tertiary/aromatic N) is 2. The molecule has 0 saturated heterocycles. The van der Waals surface area contributed by atoms with Gasteiger partial charge in [0.1, 0.15) is 5.75 Å². The Hall–Kier alpha value is -2.35. The molecule has 0 N–H and O–H groups in total. The van der Waals surface area contributed by atoms with Gasteiger partial charge in [0, 0.05) is 18.8 Å². The van der Waals surface area contributed by atoms with Gasteiger partial charge in [-0.2, -0.15) is 3.97 Å². The lowest BCUT2D eigenvalue weighted by Gasteiger charge is -2.20. The minimum absolute atomic E-state index is 0.0436. The molecule has 0 bridgehead atoms. The number of rotatable bonds is 5. The lowest BCUT2D eigenvalue weighted by molar-refractivity contribution is 0.0864. The molecule has 3 rings (SSSR count). The van der Waals surface area contributed by atoms with E-state index in [4.69, 9.17) is 4.74 Å². The molecule has 1 fully saturated rings. The maximum atomic E-state index is 12.7. The Labute approximate surface area is 152 Å². The topological polar surface area (TPSA) is 87.4 Å². The van der Waals surface area contributed by atoms with Crippen molar-refractivity contribution in [3.05, 3.63) is 47.1 Å². The van der Waals surface area contributed by atoms with E-state index in [2.05, 4.69) is 0 Å². The normalized spacial score (nSPS) is 15.7. The molecular formula is C18H22N2O5S. The molecule has 0 radical (unpaired) electrons. The number of carbonyl (C=O) groups is 1. The zero-order chi connectivity index (χ0) is 18.7. The van der Waals surface area contributed by atoms with Gasteiger partial charge in [0.2, 0.25) is 5.91 Å². The molecule has 7 nitrogen and oxygen atoms in total. The average Bonchev–Trinajstić information content (AvgIpc) is 3.05. The van der Waals surface area contributed by atoms with Crippen molar-refractivity contribution in [2.75, 3.05) is 7.11 Å². The van der Waals surface area contributed by atoms with Gasteiger partial charge in [-0.25, -0.2) is 17.8 Å². The van der Waals surface area contributed by atoms with Crippen LogP contribution in [0.5, 0.6) is 5.75 Å². The molecular weight excluding hydrogens is 356 g/mol. The molecule has 1 aliphatic rings. The molecule has 0 unspecified atom stereocenters. The molecule has 0 spiro atoms. The van der Waals surface area contributed by atoms with E-state index in [9.17, 15) is 18.0 Å². The molecule has 140 valence electrons. The van der Waals surface area contributed by atoms with E-state index in [1.807, 2.05) is 0 Å². The van der Waals surface area contributed by atoms with Gasteiger partial charge >= 0.3 is 5.69 Å². The largest absolute Gasteiger partial charge is 0.497 e. The van der Waals surface area contributed by atoms with Crippen LogP contribution in [-0.4, -0.2) is 30.0 Å². The number of methoxy groups -OCH3 is 1. The molecule has 0 amide bonds. The summed E-state index contributed by atoms with van der Waals surface area (Å²) in [6.07, 6.45) is 7.96. The van der Waals surface area contributed by atoms with E-state index in [0.717, 1.165) is 36.4 Å². The Bertz CT molecular complexity index is 935. The van der Waals surface area contributed by atoms with Crippen LogP contribution in [0.3, 0.4) is 0 Å². The van der Waals surface area contributed by atoms with Crippen molar-refractivity contribution in [1.82, 2.24) is 8.54 Å². The van der Waals surface area contributed by atoms with Gasteiger partial charge in [0.25, 0.3) is 10.0 Å². The lowest BCUT2D eigenvalue weighted by atomic mass is 9.87. The van der Waals surface area contributed by atoms with Crippen LogP contribution in [0.15, 0.2) is 46.3 Å². The maximum absolute atomic E-state index is 12.7. The summed E-state index contributed by atoms with van der Waals surface area (Å²) in [6, 6.07) is 5.73. The van der Waals surface area contributed by atoms with Crippen molar-refractivity contribution in [2.24, 2.45) is 5.92 Å². The summed E-state index contributed by atoms with van der Waals surface area (Å²) in [4.78, 5) is 24.9. The van der Waals surface area contributed by atoms with Gasteiger partial charge in [0.05, 0.1) is 12.0 Å². The second-order valence-corrected chi connectivity index (χ2v) is 8.34. The highest BCUT2D eigenvalue weighted by molar-refractivity contribution is 7.90. The highest BCUT2D eigenvalue weighted by atomic mass is 32.2. The molecule has 2 aromatic rings. The van der Waals surface area contributed by atoms with Crippen LogP contribution < -0.4 is 10.4 Å². The van der Waals surface area contributed by atoms with E-state index in [1.165, 1.54) is 44.0 Å². The van der Waals surface area contributed by atoms with Crippen LogP contribution in [0, 0.1) is 5.92 Å². The number of ether oxygens (including phenoxy) is 1. The number of carbonyl (C=O) groups excluding carboxylic acids is 1. The summed E-state index contributed by atoms with van der Waals surface area (Å²) in [5.74, 6) is 0.423. The van der Waals surface area contributed by atoms with Crippen molar-refractivity contribution in [2.45, 2.75) is 43.4 Å². The smallest absolute Gasteiger partial charge is 0.349 e. The van der Waals surface area contributed by atoms with Gasteiger partial charge in [-0.1, -0.05) is 19.3 Å². The molecule has 26 heavy (non-hydrogen) atoms. The highest BCUT2D eigenvalue weighted by Gasteiger charge is 2.24. The predicted molar refractivity (Wildman–Crippen MR) is 96.1 cm³/mol. The van der Waals surface area contributed by atoms with Crippen molar-refractivity contribution in [1.29, 1.82) is 0 Å². The fourth-order valence-electron chi connectivity index (χ4n) is 3.33. The Morgan fingerprint density at radius 2 is 1.77 bits per heavy atom. The summed E-state index contributed by atoms with van der Waals surface area (Å²) in [6.45, 7) is 0. The Kier molecular flexibility index (Phi) is 5.31. The zero-order valence-corrected chi connectivity index (χ0v) is 15.4. The van der Waals surface area contributed by atoms with Crippen molar-refractivity contribution < 1.29 is 17.9 Å². The van der Waals surface area contributed by atoms with Gasteiger partial charge < -0.3 is 4.74 Å². The predicted octanol–water partition coefficient (Wildman–Crippen LogP) is 2.51. The third-order valence-corrected chi connectivity index (χ3v) is 6.48. The minimum Gasteiger partial charge on any atom is -0.497 e. The molecule has 1 aromatic carbocycles.